The molecule has 66 heavy (non-hydrogen) atoms. The minimum absolute atomic E-state index is 0.0365. The third kappa shape index (κ3) is 11.1. The Balaban J connectivity index is 0.000000211. The van der Waals surface area contributed by atoms with Gasteiger partial charge >= 0.3 is 11.9 Å². The molecule has 0 saturated heterocycles. The van der Waals surface area contributed by atoms with Crippen LogP contribution in [0.15, 0.2) is 109 Å². The molecule has 16 nitrogen and oxygen atoms in total. The first-order chi connectivity index (χ1) is 31.9. The van der Waals surface area contributed by atoms with E-state index in [0.717, 1.165) is 22.5 Å². The summed E-state index contributed by atoms with van der Waals surface area (Å²) in [6.45, 7) is 10.4. The molecule has 2 aliphatic heterocycles. The van der Waals surface area contributed by atoms with E-state index in [9.17, 15) is 33.9 Å². The number of nitrogens with zero attached hydrogens (tertiary/aromatic N) is 6. The highest BCUT2D eigenvalue weighted by molar-refractivity contribution is 6.22. The highest BCUT2D eigenvalue weighted by Gasteiger charge is 2.35. The van der Waals surface area contributed by atoms with Crippen molar-refractivity contribution in [3.8, 4) is 0 Å². The second kappa shape index (κ2) is 22.0. The summed E-state index contributed by atoms with van der Waals surface area (Å²) in [5.74, 6) is -1.33. The Kier molecular flexibility index (Phi) is 15.8. The topological polar surface area (TPSA) is 214 Å². The van der Waals surface area contributed by atoms with Gasteiger partial charge in [-0.25, -0.2) is 29.5 Å². The van der Waals surface area contributed by atoms with Gasteiger partial charge in [0.2, 0.25) is 0 Å². The van der Waals surface area contributed by atoms with Crippen LogP contribution in [0.5, 0.6) is 0 Å². The number of imide groups is 2. The highest BCUT2D eigenvalue weighted by atomic mass is 16.5. The van der Waals surface area contributed by atoms with Gasteiger partial charge in [0.25, 0.3) is 23.6 Å². The molecule has 8 rings (SSSR count). The van der Waals surface area contributed by atoms with Gasteiger partial charge in [-0.05, 0) is 93.3 Å². The van der Waals surface area contributed by atoms with Gasteiger partial charge in [-0.2, -0.15) is 0 Å². The van der Waals surface area contributed by atoms with Crippen LogP contribution in [0.25, 0.3) is 0 Å². The number of carbonyl (C=O) groups excluding carboxylic acids is 5. The van der Waals surface area contributed by atoms with E-state index in [-0.39, 0.29) is 60.3 Å². The molecule has 0 unspecified atom stereocenters. The number of rotatable bonds is 15. The molecule has 0 bridgehead atoms. The molecule has 3 N–H and O–H groups in total. The number of carboxylic acid groups (broad SMARTS) is 1. The zero-order valence-corrected chi connectivity index (χ0v) is 37.3. The molecule has 0 fully saturated rings. The second-order valence-corrected chi connectivity index (χ2v) is 14.9. The highest BCUT2D eigenvalue weighted by Crippen LogP contribution is 2.26. The third-order valence-electron chi connectivity index (χ3n) is 10.3. The normalized spacial score (nSPS) is 12.4. The number of aromatic nitrogens is 4. The van der Waals surface area contributed by atoms with Crippen LogP contribution >= 0.6 is 0 Å². The number of fused-ring (bicyclic) bond motifs is 2. The monoisotopic (exact) mass is 890 g/mol. The van der Waals surface area contributed by atoms with Crippen LogP contribution in [0.4, 0.5) is 23.0 Å². The van der Waals surface area contributed by atoms with Gasteiger partial charge in [0.15, 0.2) is 0 Å². The smallest absolute Gasteiger partial charge is 0.343 e. The lowest BCUT2D eigenvalue weighted by molar-refractivity contribution is 0.0524. The van der Waals surface area contributed by atoms with E-state index in [1.165, 1.54) is 22.2 Å². The van der Waals surface area contributed by atoms with Crippen LogP contribution in [0.1, 0.15) is 119 Å². The van der Waals surface area contributed by atoms with Crippen molar-refractivity contribution in [3.05, 3.63) is 166 Å². The van der Waals surface area contributed by atoms with Crippen molar-refractivity contribution in [2.45, 2.75) is 60.3 Å². The summed E-state index contributed by atoms with van der Waals surface area (Å²) in [4.78, 5) is 93.7. The first kappa shape index (κ1) is 47.3. The minimum atomic E-state index is -1.13. The van der Waals surface area contributed by atoms with Gasteiger partial charge in [-0.1, -0.05) is 62.4 Å². The molecule has 0 radical (unpaired) electrons. The lowest BCUT2D eigenvalue weighted by Crippen LogP contribution is -2.31. The molecule has 0 spiro atoms. The molecule has 4 heterocycles. The maximum Gasteiger partial charge on any atom is 0.343 e. The van der Waals surface area contributed by atoms with Crippen molar-refractivity contribution in [3.63, 3.8) is 0 Å². The molecule has 4 amide bonds. The van der Waals surface area contributed by atoms with Crippen molar-refractivity contribution in [2.24, 2.45) is 0 Å². The molecule has 16 heteroatoms. The summed E-state index contributed by atoms with van der Waals surface area (Å²) in [6.07, 6.45) is 4.48. The molecule has 2 aliphatic rings. The Morgan fingerprint density at radius 2 is 0.985 bits per heavy atom. The standard InChI is InChI=1S/C25H24N4O4.C23H20N4O4.C2H6/c1-3-33-25(32)20-15-26-21(28-22(20)27-17-9-6-8-16(2)14-17)12-7-13-29-23(30)18-10-4-5-11-19(18)24(29)31;1-14-6-4-7-15(12-14)25-20-18(23(30)31)13-24-19(26-20)10-5-11-27-21(28)16-8-2-3-9-17(16)22(27)29;1-2/h4-6,8-11,14-15H,3,7,12-13H2,1-2H3,(H,26,27,28);2-4,6-9,12-13H,5,10-11H2,1H3,(H,30,31)(H,24,25,26);1-2H3. The molecular weight excluding hydrogens is 841 g/mol. The van der Waals surface area contributed by atoms with Crippen molar-refractivity contribution in [1.82, 2.24) is 29.7 Å². The Hall–Kier alpha value is -8.14. The molecule has 0 aliphatic carbocycles. The zero-order chi connectivity index (χ0) is 47.3. The molecule has 6 aromatic rings. The summed E-state index contributed by atoms with van der Waals surface area (Å²) in [6, 6.07) is 28.8. The van der Waals surface area contributed by atoms with Crippen LogP contribution in [-0.4, -0.2) is 90.1 Å². The number of nitrogens with one attached hydrogen (secondary N) is 2. The third-order valence-corrected chi connectivity index (χ3v) is 10.3. The van der Waals surface area contributed by atoms with Crippen molar-refractivity contribution >= 4 is 58.6 Å². The van der Waals surface area contributed by atoms with Crippen LogP contribution in [0.3, 0.4) is 0 Å². The predicted molar refractivity (Wildman–Crippen MR) is 248 cm³/mol. The van der Waals surface area contributed by atoms with E-state index in [1.807, 2.05) is 76.2 Å². The van der Waals surface area contributed by atoms with Crippen molar-refractivity contribution in [1.29, 1.82) is 0 Å². The number of amides is 4. The average molecular weight is 891 g/mol. The summed E-state index contributed by atoms with van der Waals surface area (Å²) in [5, 5.41) is 15.7. The quantitative estimate of drug-likeness (QED) is 0.0652. The van der Waals surface area contributed by atoms with E-state index in [2.05, 4.69) is 30.6 Å². The van der Waals surface area contributed by atoms with Gasteiger partial charge in [-0.3, -0.25) is 29.0 Å². The van der Waals surface area contributed by atoms with Gasteiger partial charge in [0, 0.05) is 49.7 Å². The summed E-state index contributed by atoms with van der Waals surface area (Å²) in [5.41, 5.74) is 5.50. The number of esters is 1. The summed E-state index contributed by atoms with van der Waals surface area (Å²) in [7, 11) is 0. The van der Waals surface area contributed by atoms with E-state index in [1.54, 1.807) is 55.5 Å². The second-order valence-electron chi connectivity index (χ2n) is 14.9. The summed E-state index contributed by atoms with van der Waals surface area (Å²) >= 11 is 0. The Bertz CT molecular complexity index is 2720. The molecule has 4 aromatic carbocycles. The number of hydrogen-bond acceptors (Lipinski definition) is 13. The number of carbonyl (C=O) groups is 6. The zero-order valence-electron chi connectivity index (χ0n) is 37.3. The first-order valence-corrected chi connectivity index (χ1v) is 21.6. The largest absolute Gasteiger partial charge is 0.477 e. The number of hydrogen-bond donors (Lipinski definition) is 3. The fraction of sp³-hybridized carbons (Fsp3) is 0.240. The van der Waals surface area contributed by atoms with E-state index in [0.29, 0.717) is 65.4 Å². The van der Waals surface area contributed by atoms with Gasteiger partial charge in [0.1, 0.15) is 34.4 Å². The van der Waals surface area contributed by atoms with Gasteiger partial charge < -0.3 is 20.5 Å². The number of ether oxygens (including phenoxy) is 1. The Morgan fingerprint density at radius 1 is 0.591 bits per heavy atom. The summed E-state index contributed by atoms with van der Waals surface area (Å²) < 4.78 is 5.13. The molecule has 0 atom stereocenters. The SMILES string of the molecule is CC.CCOC(=O)c1cnc(CCCN2C(=O)c3ccccc3C2=O)nc1Nc1cccc(C)c1.Cc1cccc(Nc2nc(CCCN3C(=O)c4ccccc4C3=O)ncc2C(=O)O)c1. The Labute approximate surface area is 382 Å². The number of aryl methyl sites for hydroxylation is 4. The first-order valence-electron chi connectivity index (χ1n) is 21.6. The lowest BCUT2D eigenvalue weighted by atomic mass is 10.1. The van der Waals surface area contributed by atoms with Crippen LogP contribution in [0.2, 0.25) is 0 Å². The number of anilines is 4. The fourth-order valence-electron chi connectivity index (χ4n) is 7.18. The number of benzene rings is 4. The van der Waals surface area contributed by atoms with Crippen LogP contribution < -0.4 is 10.6 Å². The van der Waals surface area contributed by atoms with E-state index >= 15 is 0 Å². The van der Waals surface area contributed by atoms with E-state index in [4.69, 9.17) is 4.74 Å². The van der Waals surface area contributed by atoms with Crippen LogP contribution in [0, 0.1) is 13.8 Å². The van der Waals surface area contributed by atoms with Gasteiger partial charge in [-0.15, -0.1) is 0 Å². The molecule has 338 valence electrons. The molecule has 0 saturated carbocycles. The maximum absolute atomic E-state index is 12.5. The maximum atomic E-state index is 12.5. The average Bonchev–Trinajstić information content (AvgIpc) is 3.70. The van der Waals surface area contributed by atoms with E-state index < -0.39 is 11.9 Å². The molecular formula is C50H50N8O8. The van der Waals surface area contributed by atoms with Crippen LogP contribution in [-0.2, 0) is 17.6 Å². The number of carboxylic acids is 1. The van der Waals surface area contributed by atoms with Crippen molar-refractivity contribution in [2.75, 3.05) is 30.3 Å². The lowest BCUT2D eigenvalue weighted by Gasteiger charge is -2.14. The number of aromatic carboxylic acids is 1. The Morgan fingerprint density at radius 3 is 1.36 bits per heavy atom. The minimum Gasteiger partial charge on any atom is -0.477 e. The fourth-order valence-corrected chi connectivity index (χ4v) is 7.18. The predicted octanol–water partition coefficient (Wildman–Crippen LogP) is 8.42. The molecule has 2 aromatic heterocycles. The van der Waals surface area contributed by atoms with Crippen molar-refractivity contribution < 1.29 is 38.6 Å². The van der Waals surface area contributed by atoms with Gasteiger partial charge in [0.05, 0.1) is 28.9 Å².